The van der Waals surface area contributed by atoms with Gasteiger partial charge < -0.3 is 15.2 Å². The first-order valence-corrected chi connectivity index (χ1v) is 7.63. The van der Waals surface area contributed by atoms with Crippen molar-refractivity contribution in [2.24, 2.45) is 0 Å². The third-order valence-corrected chi connectivity index (χ3v) is 4.34. The van der Waals surface area contributed by atoms with Crippen molar-refractivity contribution in [1.29, 1.82) is 0 Å². The molecule has 1 aromatic rings. The van der Waals surface area contributed by atoms with Crippen LogP contribution in [0, 0.1) is 0 Å². The molecular formula is C13H20BrN3O3. The number of hydrogen-bond donors (Lipinski definition) is 2. The average Bonchev–Trinajstić information content (AvgIpc) is 2.48. The number of aromatic nitrogens is 2. The highest BCUT2D eigenvalue weighted by Gasteiger charge is 2.32. The van der Waals surface area contributed by atoms with Gasteiger partial charge in [0.1, 0.15) is 4.47 Å². The molecule has 20 heavy (non-hydrogen) atoms. The van der Waals surface area contributed by atoms with Gasteiger partial charge in [-0.15, -0.1) is 0 Å². The zero-order chi connectivity index (χ0) is 14.6. The third-order valence-electron chi connectivity index (χ3n) is 3.57. The second kappa shape index (κ2) is 6.69. The molecule has 0 atom stereocenters. The number of nitrogens with one attached hydrogen (secondary N) is 1. The minimum Gasteiger partial charge on any atom is -0.394 e. The van der Waals surface area contributed by atoms with Crippen LogP contribution < -0.4 is 10.9 Å². The number of ether oxygens (including phenoxy) is 1. The summed E-state index contributed by atoms with van der Waals surface area (Å²) in [6.07, 6.45) is 3.89. The molecule has 2 rings (SSSR count). The molecule has 0 aliphatic carbocycles. The van der Waals surface area contributed by atoms with E-state index in [4.69, 9.17) is 4.74 Å². The van der Waals surface area contributed by atoms with Gasteiger partial charge in [0.05, 0.1) is 24.0 Å². The third kappa shape index (κ3) is 3.21. The van der Waals surface area contributed by atoms with Crippen molar-refractivity contribution in [3.63, 3.8) is 0 Å². The van der Waals surface area contributed by atoms with Crippen LogP contribution in [-0.4, -0.2) is 40.2 Å². The Kier molecular flexibility index (Phi) is 5.17. The van der Waals surface area contributed by atoms with Crippen LogP contribution in [0.3, 0.4) is 0 Å². The first-order valence-electron chi connectivity index (χ1n) is 6.84. The average molecular weight is 346 g/mol. The van der Waals surface area contributed by atoms with Gasteiger partial charge in [-0.1, -0.05) is 6.92 Å². The van der Waals surface area contributed by atoms with Crippen LogP contribution in [-0.2, 0) is 11.3 Å². The maximum atomic E-state index is 12.1. The van der Waals surface area contributed by atoms with E-state index in [1.165, 1.54) is 4.68 Å². The molecule has 1 fully saturated rings. The van der Waals surface area contributed by atoms with Gasteiger partial charge in [-0.2, -0.15) is 5.10 Å². The smallest absolute Gasteiger partial charge is 0.283 e. The van der Waals surface area contributed by atoms with Crippen molar-refractivity contribution >= 4 is 21.6 Å². The molecule has 6 nitrogen and oxygen atoms in total. The SMILES string of the molecule is CCCn1ncc(NC2(CO)CCOCC2)c(Br)c1=O. The molecule has 1 saturated heterocycles. The van der Waals surface area contributed by atoms with Gasteiger partial charge in [0.2, 0.25) is 0 Å². The van der Waals surface area contributed by atoms with Crippen LogP contribution in [0.1, 0.15) is 26.2 Å². The largest absolute Gasteiger partial charge is 0.394 e. The highest BCUT2D eigenvalue weighted by Crippen LogP contribution is 2.28. The number of hydrogen-bond acceptors (Lipinski definition) is 5. The second-order valence-electron chi connectivity index (χ2n) is 5.08. The lowest BCUT2D eigenvalue weighted by molar-refractivity contribution is 0.0379. The van der Waals surface area contributed by atoms with E-state index in [2.05, 4.69) is 26.3 Å². The Bertz CT molecular complexity index is 512. The zero-order valence-electron chi connectivity index (χ0n) is 11.6. The molecule has 1 aromatic heterocycles. The molecular weight excluding hydrogens is 326 g/mol. The van der Waals surface area contributed by atoms with Crippen molar-refractivity contribution in [2.45, 2.75) is 38.3 Å². The highest BCUT2D eigenvalue weighted by molar-refractivity contribution is 9.10. The van der Waals surface area contributed by atoms with Gasteiger partial charge >= 0.3 is 0 Å². The molecule has 0 spiro atoms. The standard InChI is InChI=1S/C13H20BrN3O3/c1-2-5-17-12(19)11(14)10(8-15-17)16-13(9-18)3-6-20-7-4-13/h8,16,18H,2-7,9H2,1H3. The lowest BCUT2D eigenvalue weighted by Gasteiger charge is -2.37. The zero-order valence-corrected chi connectivity index (χ0v) is 13.1. The van der Waals surface area contributed by atoms with Crippen LogP contribution >= 0.6 is 15.9 Å². The van der Waals surface area contributed by atoms with E-state index in [-0.39, 0.29) is 12.2 Å². The van der Waals surface area contributed by atoms with Crippen LogP contribution in [0.4, 0.5) is 5.69 Å². The number of aryl methyl sites for hydroxylation is 1. The number of halogens is 1. The molecule has 0 bridgehead atoms. The summed E-state index contributed by atoms with van der Waals surface area (Å²) < 4.78 is 7.22. The maximum Gasteiger partial charge on any atom is 0.283 e. The maximum absolute atomic E-state index is 12.1. The topological polar surface area (TPSA) is 76.4 Å². The molecule has 1 aliphatic heterocycles. The lowest BCUT2D eigenvalue weighted by atomic mass is 9.91. The first-order chi connectivity index (χ1) is 9.62. The van der Waals surface area contributed by atoms with Crippen LogP contribution in [0.15, 0.2) is 15.5 Å². The highest BCUT2D eigenvalue weighted by atomic mass is 79.9. The molecule has 1 aliphatic rings. The summed E-state index contributed by atoms with van der Waals surface area (Å²) in [4.78, 5) is 12.1. The Balaban J connectivity index is 2.24. The number of rotatable bonds is 5. The van der Waals surface area contributed by atoms with E-state index in [9.17, 15) is 9.90 Å². The van der Waals surface area contributed by atoms with Gasteiger partial charge in [-0.05, 0) is 35.2 Å². The monoisotopic (exact) mass is 345 g/mol. The summed E-state index contributed by atoms with van der Waals surface area (Å²) in [5, 5.41) is 17.1. The number of aliphatic hydroxyl groups is 1. The Hall–Kier alpha value is -0.920. The summed E-state index contributed by atoms with van der Waals surface area (Å²) >= 11 is 3.33. The molecule has 0 aromatic carbocycles. The summed E-state index contributed by atoms with van der Waals surface area (Å²) in [5.74, 6) is 0. The van der Waals surface area contributed by atoms with Crippen molar-refractivity contribution < 1.29 is 9.84 Å². The molecule has 7 heteroatoms. The molecule has 0 radical (unpaired) electrons. The van der Waals surface area contributed by atoms with Gasteiger partial charge in [-0.3, -0.25) is 4.79 Å². The van der Waals surface area contributed by atoms with Gasteiger partial charge in [0.15, 0.2) is 0 Å². The Labute approximate surface area is 126 Å². The minimum absolute atomic E-state index is 0.000838. The number of anilines is 1. The molecule has 0 amide bonds. The van der Waals surface area contributed by atoms with Gasteiger partial charge in [0, 0.05) is 19.8 Å². The fourth-order valence-corrected chi connectivity index (χ4v) is 2.70. The van der Waals surface area contributed by atoms with Gasteiger partial charge in [-0.25, -0.2) is 4.68 Å². The van der Waals surface area contributed by atoms with Crippen molar-refractivity contribution in [1.82, 2.24) is 9.78 Å². The fourth-order valence-electron chi connectivity index (χ4n) is 2.29. The van der Waals surface area contributed by atoms with E-state index in [0.29, 0.717) is 42.8 Å². The van der Waals surface area contributed by atoms with Crippen LogP contribution in [0.2, 0.25) is 0 Å². The summed E-state index contributed by atoms with van der Waals surface area (Å²) in [6, 6.07) is 0. The van der Waals surface area contributed by atoms with Crippen molar-refractivity contribution in [2.75, 3.05) is 25.1 Å². The Morgan fingerprint density at radius 2 is 2.25 bits per heavy atom. The molecule has 112 valence electrons. The summed E-state index contributed by atoms with van der Waals surface area (Å²) in [7, 11) is 0. The predicted octanol–water partition coefficient (Wildman–Crippen LogP) is 1.37. The first kappa shape index (κ1) is 15.5. The number of nitrogens with zero attached hydrogens (tertiary/aromatic N) is 2. The van der Waals surface area contributed by atoms with E-state index in [0.717, 1.165) is 6.42 Å². The predicted molar refractivity (Wildman–Crippen MR) is 80.0 cm³/mol. The van der Waals surface area contributed by atoms with E-state index >= 15 is 0 Å². The normalized spacial score (nSPS) is 17.9. The quantitative estimate of drug-likeness (QED) is 0.842. The Morgan fingerprint density at radius 3 is 2.85 bits per heavy atom. The lowest BCUT2D eigenvalue weighted by Crippen LogP contribution is -2.47. The van der Waals surface area contributed by atoms with E-state index < -0.39 is 5.54 Å². The second-order valence-corrected chi connectivity index (χ2v) is 5.87. The summed E-state index contributed by atoms with van der Waals surface area (Å²) in [6.45, 7) is 3.80. The van der Waals surface area contributed by atoms with E-state index in [1.807, 2.05) is 6.92 Å². The Morgan fingerprint density at radius 1 is 1.55 bits per heavy atom. The molecule has 2 N–H and O–H groups in total. The van der Waals surface area contributed by atoms with Crippen LogP contribution in [0.25, 0.3) is 0 Å². The fraction of sp³-hybridized carbons (Fsp3) is 0.692. The molecule has 0 unspecified atom stereocenters. The van der Waals surface area contributed by atoms with Crippen LogP contribution in [0.5, 0.6) is 0 Å². The van der Waals surface area contributed by atoms with Gasteiger partial charge in [0.25, 0.3) is 5.56 Å². The molecule has 2 heterocycles. The minimum atomic E-state index is -0.439. The van der Waals surface area contributed by atoms with Crippen molar-refractivity contribution in [3.05, 3.63) is 21.0 Å². The molecule has 0 saturated carbocycles. The summed E-state index contributed by atoms with van der Waals surface area (Å²) in [5.41, 5.74) is 0.0292. The van der Waals surface area contributed by atoms with E-state index in [1.54, 1.807) is 6.20 Å². The van der Waals surface area contributed by atoms with Crippen molar-refractivity contribution in [3.8, 4) is 0 Å². The number of aliphatic hydroxyl groups excluding tert-OH is 1.